The van der Waals surface area contributed by atoms with Crippen molar-refractivity contribution in [3.8, 4) is 0 Å². The number of thioether (sulfide) groups is 1. The summed E-state index contributed by atoms with van der Waals surface area (Å²) in [5.41, 5.74) is 0.757. The zero-order chi connectivity index (χ0) is 12.1. The minimum absolute atomic E-state index is 0.112. The van der Waals surface area contributed by atoms with Crippen molar-refractivity contribution in [1.82, 2.24) is 14.8 Å². The van der Waals surface area contributed by atoms with Crippen LogP contribution in [0.1, 0.15) is 13.8 Å². The summed E-state index contributed by atoms with van der Waals surface area (Å²) in [5.74, 6) is -1.05. The second kappa shape index (κ2) is 5.55. The molecule has 1 heterocycles. The number of rotatable bonds is 5. The van der Waals surface area contributed by atoms with Crippen molar-refractivity contribution < 1.29 is 9.90 Å². The number of aromatic amines is 1. The van der Waals surface area contributed by atoms with Gasteiger partial charge >= 0.3 is 11.7 Å². The van der Waals surface area contributed by atoms with E-state index in [4.69, 9.17) is 5.11 Å². The van der Waals surface area contributed by atoms with Gasteiger partial charge < -0.3 is 5.11 Å². The second-order valence-corrected chi connectivity index (χ2v) is 4.33. The van der Waals surface area contributed by atoms with Crippen LogP contribution < -0.4 is 5.69 Å². The fourth-order valence-corrected chi connectivity index (χ4v) is 1.65. The van der Waals surface area contributed by atoms with Crippen LogP contribution in [-0.2, 0) is 11.3 Å². The van der Waals surface area contributed by atoms with Crippen molar-refractivity contribution in [1.29, 1.82) is 0 Å². The van der Waals surface area contributed by atoms with E-state index in [2.05, 4.69) is 10.2 Å². The molecule has 0 bridgehead atoms. The second-order valence-electron chi connectivity index (χ2n) is 3.39. The number of aromatic nitrogens is 3. The number of aliphatic carboxylic acids is 1. The molecule has 16 heavy (non-hydrogen) atoms. The quantitative estimate of drug-likeness (QED) is 0.587. The molecule has 0 aliphatic heterocycles. The number of carboxylic acids is 1. The highest BCUT2D eigenvalue weighted by Gasteiger charge is 2.09. The zero-order valence-corrected chi connectivity index (χ0v) is 9.87. The first-order valence-electron chi connectivity index (χ1n) is 4.64. The normalized spacial score (nSPS) is 10.1. The molecule has 0 aromatic carbocycles. The Morgan fingerprint density at radius 3 is 2.88 bits per heavy atom. The summed E-state index contributed by atoms with van der Waals surface area (Å²) in [7, 11) is 0. The maximum absolute atomic E-state index is 11.4. The van der Waals surface area contributed by atoms with Crippen LogP contribution in [0.4, 0.5) is 0 Å². The van der Waals surface area contributed by atoms with Gasteiger partial charge in [0.1, 0.15) is 0 Å². The Kier molecular flexibility index (Phi) is 4.36. The van der Waals surface area contributed by atoms with Gasteiger partial charge in [0.25, 0.3) is 0 Å². The molecule has 0 aliphatic carbocycles. The Hall–Kier alpha value is -1.50. The molecule has 0 fully saturated rings. The van der Waals surface area contributed by atoms with Crippen LogP contribution in [-0.4, -0.2) is 31.6 Å². The molecular formula is C9H13N3O3S. The molecule has 0 saturated heterocycles. The smallest absolute Gasteiger partial charge is 0.344 e. The van der Waals surface area contributed by atoms with E-state index >= 15 is 0 Å². The van der Waals surface area contributed by atoms with Crippen molar-refractivity contribution in [3.05, 3.63) is 22.1 Å². The van der Waals surface area contributed by atoms with Gasteiger partial charge in [0.2, 0.25) is 0 Å². The van der Waals surface area contributed by atoms with Crippen LogP contribution >= 0.6 is 11.8 Å². The SMILES string of the molecule is CC(C)=CCn1c(SCC(=O)O)n[nH]c1=O. The molecule has 88 valence electrons. The number of nitrogens with one attached hydrogen (secondary N) is 1. The first kappa shape index (κ1) is 12.6. The number of hydrogen-bond donors (Lipinski definition) is 2. The van der Waals surface area contributed by atoms with E-state index in [1.807, 2.05) is 19.9 Å². The van der Waals surface area contributed by atoms with Crippen molar-refractivity contribution in [2.45, 2.75) is 25.5 Å². The van der Waals surface area contributed by atoms with E-state index in [0.29, 0.717) is 11.7 Å². The molecule has 6 nitrogen and oxygen atoms in total. The van der Waals surface area contributed by atoms with Crippen molar-refractivity contribution >= 4 is 17.7 Å². The maximum atomic E-state index is 11.4. The Morgan fingerprint density at radius 1 is 1.62 bits per heavy atom. The minimum Gasteiger partial charge on any atom is -0.481 e. The maximum Gasteiger partial charge on any atom is 0.344 e. The Morgan fingerprint density at radius 2 is 2.31 bits per heavy atom. The largest absolute Gasteiger partial charge is 0.481 e. The predicted molar refractivity (Wildman–Crippen MR) is 60.6 cm³/mol. The van der Waals surface area contributed by atoms with Crippen molar-refractivity contribution in [2.75, 3.05) is 5.75 Å². The van der Waals surface area contributed by atoms with Crippen LogP contribution in [0.15, 0.2) is 21.6 Å². The molecule has 0 unspecified atom stereocenters. The van der Waals surface area contributed by atoms with Gasteiger partial charge in [-0.3, -0.25) is 9.36 Å². The van der Waals surface area contributed by atoms with E-state index in [0.717, 1.165) is 17.3 Å². The lowest BCUT2D eigenvalue weighted by Gasteiger charge is -2.00. The van der Waals surface area contributed by atoms with Gasteiger partial charge in [-0.05, 0) is 13.8 Å². The zero-order valence-electron chi connectivity index (χ0n) is 9.06. The molecule has 0 radical (unpaired) electrons. The number of allylic oxidation sites excluding steroid dienone is 2. The van der Waals surface area contributed by atoms with E-state index in [-0.39, 0.29) is 11.4 Å². The van der Waals surface area contributed by atoms with Gasteiger partial charge in [0.05, 0.1) is 5.75 Å². The highest BCUT2D eigenvalue weighted by molar-refractivity contribution is 7.99. The third kappa shape index (κ3) is 3.58. The van der Waals surface area contributed by atoms with Gasteiger partial charge in [-0.1, -0.05) is 23.4 Å². The lowest BCUT2D eigenvalue weighted by molar-refractivity contribution is -0.133. The minimum atomic E-state index is -0.936. The monoisotopic (exact) mass is 243 g/mol. The van der Waals surface area contributed by atoms with E-state index < -0.39 is 5.97 Å². The molecule has 1 aromatic heterocycles. The molecule has 2 N–H and O–H groups in total. The lowest BCUT2D eigenvalue weighted by Crippen LogP contribution is -2.17. The van der Waals surface area contributed by atoms with Crippen LogP contribution in [0, 0.1) is 0 Å². The van der Waals surface area contributed by atoms with Crippen LogP contribution in [0.5, 0.6) is 0 Å². The summed E-state index contributed by atoms with van der Waals surface area (Å²) < 4.78 is 1.40. The molecule has 0 spiro atoms. The molecule has 1 rings (SSSR count). The standard InChI is InChI=1S/C9H13N3O3S/c1-6(2)3-4-12-8(15)10-11-9(12)16-5-7(13)14/h3H,4-5H2,1-2H3,(H,10,15)(H,13,14). The van der Waals surface area contributed by atoms with Gasteiger partial charge in [-0.2, -0.15) is 0 Å². The Balaban J connectivity index is 2.81. The number of carbonyl (C=O) groups is 1. The van der Waals surface area contributed by atoms with Gasteiger partial charge in [0.15, 0.2) is 5.16 Å². The molecule has 0 atom stereocenters. The Labute approximate surface area is 96.4 Å². The van der Waals surface area contributed by atoms with Crippen LogP contribution in [0.25, 0.3) is 0 Å². The molecular weight excluding hydrogens is 230 g/mol. The summed E-state index contributed by atoms with van der Waals surface area (Å²) in [6.45, 7) is 4.25. The van der Waals surface area contributed by atoms with Gasteiger partial charge in [-0.15, -0.1) is 5.10 Å². The highest BCUT2D eigenvalue weighted by Crippen LogP contribution is 2.12. The third-order valence-electron chi connectivity index (χ3n) is 1.73. The van der Waals surface area contributed by atoms with Crippen LogP contribution in [0.3, 0.4) is 0 Å². The lowest BCUT2D eigenvalue weighted by atomic mass is 10.3. The first-order valence-corrected chi connectivity index (χ1v) is 5.62. The fourth-order valence-electron chi connectivity index (χ4n) is 0.975. The summed E-state index contributed by atoms with van der Waals surface area (Å²) in [6, 6.07) is 0. The van der Waals surface area contributed by atoms with Gasteiger partial charge in [-0.25, -0.2) is 9.89 Å². The molecule has 0 saturated carbocycles. The predicted octanol–water partition coefficient (Wildman–Crippen LogP) is 0.714. The summed E-state index contributed by atoms with van der Waals surface area (Å²) in [6.07, 6.45) is 1.88. The number of carboxylic acid groups (broad SMARTS) is 1. The Bertz CT molecular complexity index is 457. The summed E-state index contributed by atoms with van der Waals surface area (Å²) in [5, 5.41) is 15.0. The molecule has 7 heteroatoms. The molecule has 0 aliphatic rings. The first-order chi connectivity index (χ1) is 7.50. The summed E-state index contributed by atoms with van der Waals surface area (Å²) >= 11 is 1.02. The van der Waals surface area contributed by atoms with Gasteiger partial charge in [0, 0.05) is 6.54 Å². The molecule has 1 aromatic rings. The average molecular weight is 243 g/mol. The number of nitrogens with zero attached hydrogens (tertiary/aromatic N) is 2. The number of hydrogen-bond acceptors (Lipinski definition) is 4. The third-order valence-corrected chi connectivity index (χ3v) is 2.69. The summed E-state index contributed by atoms with van der Waals surface area (Å²) in [4.78, 5) is 21.8. The fraction of sp³-hybridized carbons (Fsp3) is 0.444. The van der Waals surface area contributed by atoms with E-state index in [9.17, 15) is 9.59 Å². The van der Waals surface area contributed by atoms with E-state index in [1.165, 1.54) is 4.57 Å². The topological polar surface area (TPSA) is 88.0 Å². The average Bonchev–Trinajstić information content (AvgIpc) is 2.53. The molecule has 0 amide bonds. The van der Waals surface area contributed by atoms with Crippen molar-refractivity contribution in [3.63, 3.8) is 0 Å². The number of H-pyrrole nitrogens is 1. The van der Waals surface area contributed by atoms with Crippen LogP contribution in [0.2, 0.25) is 0 Å². The van der Waals surface area contributed by atoms with Crippen molar-refractivity contribution in [2.24, 2.45) is 0 Å². The highest BCUT2D eigenvalue weighted by atomic mass is 32.2. The van der Waals surface area contributed by atoms with E-state index in [1.54, 1.807) is 0 Å².